The van der Waals surface area contributed by atoms with Crippen LogP contribution in [0.2, 0.25) is 5.02 Å². The lowest BCUT2D eigenvalue weighted by Gasteiger charge is -2.15. The Morgan fingerprint density at radius 2 is 1.76 bits per heavy atom. The van der Waals surface area contributed by atoms with E-state index >= 15 is 0 Å². The first-order chi connectivity index (χ1) is 9.86. The lowest BCUT2D eigenvalue weighted by Crippen LogP contribution is -2.26. The molecule has 0 aliphatic carbocycles. The maximum absolute atomic E-state index is 12.0. The molecule has 0 fully saturated rings. The first-order valence-electron chi connectivity index (χ1n) is 6.13. The quantitative estimate of drug-likeness (QED) is 0.281. The molecule has 114 valence electrons. The fourth-order valence-corrected chi connectivity index (χ4v) is 2.71. The zero-order valence-corrected chi connectivity index (χ0v) is 15.1. The van der Waals surface area contributed by atoms with Crippen molar-refractivity contribution >= 4 is 61.0 Å². The molecule has 2 atom stereocenters. The van der Waals surface area contributed by atoms with Gasteiger partial charge in [-0.25, -0.2) is 4.79 Å². The van der Waals surface area contributed by atoms with Crippen LogP contribution in [-0.4, -0.2) is 29.0 Å². The van der Waals surface area contributed by atoms with E-state index in [4.69, 9.17) is 11.6 Å². The molecule has 1 aromatic carbocycles. The highest BCUT2D eigenvalue weighted by molar-refractivity contribution is 9.12. The molecule has 0 saturated carbocycles. The molecule has 0 aliphatic rings. The predicted molar refractivity (Wildman–Crippen MR) is 87.1 cm³/mol. The minimum Gasteiger partial charge on any atom is -0.460 e. The van der Waals surface area contributed by atoms with Crippen LogP contribution in [-0.2, 0) is 19.1 Å². The molecule has 0 spiro atoms. The standard InChI is InChI=1S/C14H13Br2ClO4/c1-2-21-14(20)11(19)7-10(18)13(16)12(15)8-3-5-9(17)6-4-8/h3-6,12-13H,2,7H2,1H3/t12-,13-/m1/s1. The Morgan fingerprint density at radius 3 is 2.29 bits per heavy atom. The van der Waals surface area contributed by atoms with E-state index in [9.17, 15) is 14.4 Å². The van der Waals surface area contributed by atoms with Crippen LogP contribution in [0.4, 0.5) is 0 Å². The van der Waals surface area contributed by atoms with Gasteiger partial charge in [0.25, 0.3) is 0 Å². The number of esters is 1. The Labute approximate surface area is 144 Å². The largest absolute Gasteiger partial charge is 0.460 e. The summed E-state index contributed by atoms with van der Waals surface area (Å²) >= 11 is 12.4. The lowest BCUT2D eigenvalue weighted by molar-refractivity contribution is -0.154. The highest BCUT2D eigenvalue weighted by Gasteiger charge is 2.28. The van der Waals surface area contributed by atoms with Crippen molar-refractivity contribution in [1.82, 2.24) is 0 Å². The van der Waals surface area contributed by atoms with E-state index in [1.54, 1.807) is 31.2 Å². The number of Topliss-reactive ketones (excluding diaryl/α,β-unsaturated/α-hetero) is 2. The minimum absolute atomic E-state index is 0.0996. The molecule has 7 heteroatoms. The average Bonchev–Trinajstić information content (AvgIpc) is 2.46. The Balaban J connectivity index is 2.67. The summed E-state index contributed by atoms with van der Waals surface area (Å²) in [4.78, 5) is 33.8. The second kappa shape index (κ2) is 8.66. The fourth-order valence-electron chi connectivity index (χ4n) is 1.52. The number of carbonyl (C=O) groups excluding carboxylic acids is 3. The second-order valence-corrected chi connectivity index (χ2v) is 6.55. The number of ketones is 2. The number of ether oxygens (including phenoxy) is 1. The monoisotopic (exact) mass is 438 g/mol. The molecule has 0 aromatic heterocycles. The summed E-state index contributed by atoms with van der Waals surface area (Å²) in [6, 6.07) is 6.96. The predicted octanol–water partition coefficient (Wildman–Crippen LogP) is 3.63. The Hall–Kier alpha value is -0.720. The number of hydrogen-bond donors (Lipinski definition) is 0. The molecule has 0 aliphatic heterocycles. The van der Waals surface area contributed by atoms with Gasteiger partial charge in [-0.3, -0.25) is 9.59 Å². The summed E-state index contributed by atoms with van der Waals surface area (Å²) in [7, 11) is 0. The van der Waals surface area contributed by atoms with Crippen molar-refractivity contribution in [1.29, 1.82) is 0 Å². The van der Waals surface area contributed by atoms with Crippen LogP contribution in [0.5, 0.6) is 0 Å². The van der Waals surface area contributed by atoms with Crippen molar-refractivity contribution in [3.8, 4) is 0 Å². The van der Waals surface area contributed by atoms with Gasteiger partial charge < -0.3 is 4.74 Å². The summed E-state index contributed by atoms with van der Waals surface area (Å²) in [6.45, 7) is 1.69. The molecule has 0 unspecified atom stereocenters. The van der Waals surface area contributed by atoms with Crippen molar-refractivity contribution in [3.05, 3.63) is 34.9 Å². The van der Waals surface area contributed by atoms with Crippen LogP contribution in [0.3, 0.4) is 0 Å². The number of carbonyl (C=O) groups is 3. The average molecular weight is 441 g/mol. The zero-order valence-electron chi connectivity index (χ0n) is 11.1. The molecule has 0 bridgehead atoms. The van der Waals surface area contributed by atoms with E-state index in [1.165, 1.54) is 0 Å². The number of hydrogen-bond acceptors (Lipinski definition) is 4. The van der Waals surface area contributed by atoms with Gasteiger partial charge in [-0.05, 0) is 24.6 Å². The summed E-state index contributed by atoms with van der Waals surface area (Å²) in [5.41, 5.74) is 0.832. The van der Waals surface area contributed by atoms with Crippen LogP contribution in [0.1, 0.15) is 23.7 Å². The van der Waals surface area contributed by atoms with Crippen LogP contribution < -0.4 is 0 Å². The molecule has 0 saturated heterocycles. The maximum Gasteiger partial charge on any atom is 0.375 e. The van der Waals surface area contributed by atoms with Gasteiger partial charge >= 0.3 is 5.97 Å². The van der Waals surface area contributed by atoms with Crippen molar-refractivity contribution < 1.29 is 19.1 Å². The molecule has 4 nitrogen and oxygen atoms in total. The van der Waals surface area contributed by atoms with Crippen molar-refractivity contribution in [3.63, 3.8) is 0 Å². The van der Waals surface area contributed by atoms with E-state index in [2.05, 4.69) is 36.6 Å². The molecule has 1 rings (SSSR count). The summed E-state index contributed by atoms with van der Waals surface area (Å²) in [5.74, 6) is -2.23. The highest BCUT2D eigenvalue weighted by atomic mass is 79.9. The van der Waals surface area contributed by atoms with Crippen LogP contribution in [0.15, 0.2) is 24.3 Å². The van der Waals surface area contributed by atoms with Gasteiger partial charge in [-0.2, -0.15) is 0 Å². The minimum atomic E-state index is -0.983. The Bertz CT molecular complexity index is 530. The number of benzene rings is 1. The summed E-state index contributed by atoms with van der Waals surface area (Å²) < 4.78 is 4.56. The lowest BCUT2D eigenvalue weighted by atomic mass is 10.0. The molecule has 21 heavy (non-hydrogen) atoms. The topological polar surface area (TPSA) is 60.4 Å². The van der Waals surface area contributed by atoms with E-state index in [-0.39, 0.29) is 11.4 Å². The fraction of sp³-hybridized carbons (Fsp3) is 0.357. The SMILES string of the molecule is CCOC(=O)C(=O)CC(=O)[C@@H](Br)[C@H](Br)c1ccc(Cl)cc1. The summed E-state index contributed by atoms with van der Waals surface area (Å²) in [5, 5.41) is 0.591. The third kappa shape index (κ3) is 5.52. The van der Waals surface area contributed by atoms with Gasteiger partial charge in [-0.15, -0.1) is 0 Å². The van der Waals surface area contributed by atoms with E-state index in [0.29, 0.717) is 5.02 Å². The second-order valence-electron chi connectivity index (χ2n) is 4.14. The molecule has 0 radical (unpaired) electrons. The van der Waals surface area contributed by atoms with E-state index in [1.807, 2.05) is 0 Å². The molecule has 0 N–H and O–H groups in total. The van der Waals surface area contributed by atoms with Crippen LogP contribution >= 0.6 is 43.5 Å². The Morgan fingerprint density at radius 1 is 1.19 bits per heavy atom. The molecule has 1 aromatic rings. The van der Waals surface area contributed by atoms with Gasteiger partial charge in [0.05, 0.1) is 22.7 Å². The number of rotatable bonds is 7. The van der Waals surface area contributed by atoms with Gasteiger partial charge in [0.1, 0.15) is 0 Å². The van der Waals surface area contributed by atoms with Gasteiger partial charge in [0.15, 0.2) is 5.78 Å². The summed E-state index contributed by atoms with van der Waals surface area (Å²) in [6.07, 6.45) is -0.496. The van der Waals surface area contributed by atoms with Gasteiger partial charge in [0.2, 0.25) is 5.78 Å². The van der Waals surface area contributed by atoms with Gasteiger partial charge in [-0.1, -0.05) is 55.6 Å². The van der Waals surface area contributed by atoms with Crippen LogP contribution in [0.25, 0.3) is 0 Å². The molecule has 0 heterocycles. The number of alkyl halides is 2. The maximum atomic E-state index is 12.0. The first-order valence-corrected chi connectivity index (χ1v) is 8.34. The smallest absolute Gasteiger partial charge is 0.375 e. The third-order valence-corrected chi connectivity index (χ3v) is 5.65. The molecular weight excluding hydrogens is 427 g/mol. The van der Waals surface area contributed by atoms with Crippen molar-refractivity contribution in [2.75, 3.05) is 6.61 Å². The van der Waals surface area contributed by atoms with Crippen molar-refractivity contribution in [2.24, 2.45) is 0 Å². The third-order valence-electron chi connectivity index (χ3n) is 2.59. The zero-order chi connectivity index (χ0) is 16.0. The molecular formula is C14H13Br2ClO4. The van der Waals surface area contributed by atoms with E-state index < -0.39 is 28.8 Å². The van der Waals surface area contributed by atoms with Gasteiger partial charge in [0, 0.05) is 5.02 Å². The van der Waals surface area contributed by atoms with E-state index in [0.717, 1.165) is 5.56 Å². The Kier molecular flexibility index (Phi) is 7.56. The first kappa shape index (κ1) is 18.3. The normalized spacial score (nSPS) is 13.3. The van der Waals surface area contributed by atoms with Crippen LogP contribution in [0, 0.1) is 0 Å². The van der Waals surface area contributed by atoms with Crippen molar-refractivity contribution in [2.45, 2.75) is 23.0 Å². The number of halogens is 3. The molecule has 0 amide bonds. The highest BCUT2D eigenvalue weighted by Crippen LogP contribution is 2.33.